The van der Waals surface area contributed by atoms with E-state index in [1.807, 2.05) is 11.8 Å². The standard InChI is InChI=1S/C8H18OS/c1-3-8(7-9)5-6-10-4-2/h8-9H,3-7H2,1-2H3. The van der Waals surface area contributed by atoms with Gasteiger partial charge in [0.2, 0.25) is 0 Å². The maximum absolute atomic E-state index is 8.82. The minimum atomic E-state index is 0.362. The van der Waals surface area contributed by atoms with Gasteiger partial charge in [-0.2, -0.15) is 11.8 Å². The summed E-state index contributed by atoms with van der Waals surface area (Å²) in [6, 6.07) is 0. The lowest BCUT2D eigenvalue weighted by atomic mass is 10.1. The Morgan fingerprint density at radius 1 is 1.40 bits per heavy atom. The SMILES string of the molecule is CCSCCC(CC)CO. The van der Waals surface area contributed by atoms with Crippen LogP contribution in [0.3, 0.4) is 0 Å². The number of hydrogen-bond acceptors (Lipinski definition) is 2. The highest BCUT2D eigenvalue weighted by atomic mass is 32.2. The predicted molar refractivity (Wildman–Crippen MR) is 48.5 cm³/mol. The average molecular weight is 162 g/mol. The van der Waals surface area contributed by atoms with Crippen molar-refractivity contribution in [3.05, 3.63) is 0 Å². The van der Waals surface area contributed by atoms with Crippen molar-refractivity contribution >= 4 is 11.8 Å². The topological polar surface area (TPSA) is 20.2 Å². The van der Waals surface area contributed by atoms with Crippen LogP contribution in [0.15, 0.2) is 0 Å². The van der Waals surface area contributed by atoms with Crippen LogP contribution >= 0.6 is 11.8 Å². The summed E-state index contributed by atoms with van der Waals surface area (Å²) in [5.74, 6) is 2.94. The summed E-state index contributed by atoms with van der Waals surface area (Å²) in [4.78, 5) is 0. The van der Waals surface area contributed by atoms with Crippen LogP contribution in [0.1, 0.15) is 26.7 Å². The minimum absolute atomic E-state index is 0.362. The number of thioether (sulfide) groups is 1. The minimum Gasteiger partial charge on any atom is -0.396 e. The second-order valence-corrected chi connectivity index (χ2v) is 3.84. The Bertz CT molecular complexity index is 62.3. The van der Waals surface area contributed by atoms with Crippen LogP contribution in [0, 0.1) is 5.92 Å². The molecule has 0 aromatic carbocycles. The second-order valence-electron chi connectivity index (χ2n) is 2.44. The third kappa shape index (κ3) is 5.12. The molecule has 1 atom stereocenters. The van der Waals surface area contributed by atoms with E-state index >= 15 is 0 Å². The summed E-state index contributed by atoms with van der Waals surface area (Å²) in [6.45, 7) is 4.67. The maximum atomic E-state index is 8.82. The summed E-state index contributed by atoms with van der Waals surface area (Å²) in [5, 5.41) is 8.82. The Morgan fingerprint density at radius 2 is 2.10 bits per heavy atom. The van der Waals surface area contributed by atoms with E-state index in [4.69, 9.17) is 5.11 Å². The lowest BCUT2D eigenvalue weighted by Crippen LogP contribution is -2.05. The van der Waals surface area contributed by atoms with Crippen molar-refractivity contribution in [2.75, 3.05) is 18.1 Å². The third-order valence-corrected chi connectivity index (χ3v) is 2.64. The first-order chi connectivity index (χ1) is 4.85. The van der Waals surface area contributed by atoms with Crippen LogP contribution in [0.4, 0.5) is 0 Å². The van der Waals surface area contributed by atoms with Crippen LogP contribution < -0.4 is 0 Å². The molecule has 0 aromatic heterocycles. The molecule has 0 spiro atoms. The fourth-order valence-electron chi connectivity index (χ4n) is 0.819. The molecule has 0 radical (unpaired) electrons. The Balaban J connectivity index is 3.09. The summed E-state index contributed by atoms with van der Waals surface area (Å²) in [7, 11) is 0. The molecule has 1 N–H and O–H groups in total. The summed E-state index contributed by atoms with van der Waals surface area (Å²) in [5.41, 5.74) is 0. The number of rotatable bonds is 6. The van der Waals surface area contributed by atoms with Crippen molar-refractivity contribution in [2.24, 2.45) is 5.92 Å². The van der Waals surface area contributed by atoms with Crippen LogP contribution in [0.5, 0.6) is 0 Å². The Labute approximate surface area is 68.2 Å². The van der Waals surface area contributed by atoms with E-state index in [1.54, 1.807) is 0 Å². The molecule has 0 amide bonds. The van der Waals surface area contributed by atoms with Gasteiger partial charge in [0, 0.05) is 6.61 Å². The fourth-order valence-corrected chi connectivity index (χ4v) is 1.61. The van der Waals surface area contributed by atoms with Crippen LogP contribution in [-0.4, -0.2) is 23.2 Å². The number of hydrogen-bond donors (Lipinski definition) is 1. The Hall–Kier alpha value is 0.310. The van der Waals surface area contributed by atoms with E-state index in [0.717, 1.165) is 6.42 Å². The third-order valence-electron chi connectivity index (χ3n) is 1.71. The Morgan fingerprint density at radius 3 is 2.50 bits per heavy atom. The van der Waals surface area contributed by atoms with Crippen molar-refractivity contribution in [3.8, 4) is 0 Å². The van der Waals surface area contributed by atoms with Crippen molar-refractivity contribution in [3.63, 3.8) is 0 Å². The van der Waals surface area contributed by atoms with Gasteiger partial charge >= 0.3 is 0 Å². The lowest BCUT2D eigenvalue weighted by molar-refractivity contribution is 0.220. The zero-order valence-electron chi connectivity index (χ0n) is 6.97. The van der Waals surface area contributed by atoms with Crippen molar-refractivity contribution in [1.82, 2.24) is 0 Å². The molecular formula is C8H18OS. The van der Waals surface area contributed by atoms with E-state index in [2.05, 4.69) is 13.8 Å². The molecule has 0 heterocycles. The van der Waals surface area contributed by atoms with Crippen LogP contribution in [-0.2, 0) is 0 Å². The average Bonchev–Trinajstić information content (AvgIpc) is 1.99. The Kier molecular flexibility index (Phi) is 7.65. The van der Waals surface area contributed by atoms with Gasteiger partial charge in [0.1, 0.15) is 0 Å². The molecule has 0 aliphatic carbocycles. The van der Waals surface area contributed by atoms with Crippen molar-refractivity contribution < 1.29 is 5.11 Å². The molecule has 0 fully saturated rings. The van der Waals surface area contributed by atoms with Crippen LogP contribution in [0.2, 0.25) is 0 Å². The van der Waals surface area contributed by atoms with Crippen LogP contribution in [0.25, 0.3) is 0 Å². The number of aliphatic hydroxyl groups excluding tert-OH is 1. The van der Waals surface area contributed by atoms with Gasteiger partial charge in [-0.15, -0.1) is 0 Å². The largest absolute Gasteiger partial charge is 0.396 e. The molecular weight excluding hydrogens is 144 g/mol. The van der Waals surface area contributed by atoms with Gasteiger partial charge < -0.3 is 5.11 Å². The quantitative estimate of drug-likeness (QED) is 0.604. The van der Waals surface area contributed by atoms with Gasteiger partial charge in [0.15, 0.2) is 0 Å². The molecule has 0 aliphatic rings. The van der Waals surface area contributed by atoms with E-state index in [9.17, 15) is 0 Å². The molecule has 2 heteroatoms. The molecule has 62 valence electrons. The molecule has 0 saturated heterocycles. The van der Waals surface area contributed by atoms with Gasteiger partial charge in [0.25, 0.3) is 0 Å². The monoisotopic (exact) mass is 162 g/mol. The zero-order chi connectivity index (χ0) is 7.82. The highest BCUT2D eigenvalue weighted by Crippen LogP contribution is 2.11. The molecule has 10 heavy (non-hydrogen) atoms. The van der Waals surface area contributed by atoms with Gasteiger partial charge in [-0.05, 0) is 23.8 Å². The summed E-state index contributed by atoms with van der Waals surface area (Å²) < 4.78 is 0. The van der Waals surface area contributed by atoms with Gasteiger partial charge in [0.05, 0.1) is 0 Å². The first-order valence-electron chi connectivity index (χ1n) is 4.03. The second kappa shape index (κ2) is 7.42. The molecule has 0 aliphatic heterocycles. The highest BCUT2D eigenvalue weighted by Gasteiger charge is 2.02. The first-order valence-corrected chi connectivity index (χ1v) is 5.19. The van der Waals surface area contributed by atoms with E-state index in [0.29, 0.717) is 12.5 Å². The lowest BCUT2D eigenvalue weighted by Gasteiger charge is -2.09. The molecule has 1 unspecified atom stereocenters. The van der Waals surface area contributed by atoms with Gasteiger partial charge in [-0.25, -0.2) is 0 Å². The summed E-state index contributed by atoms with van der Waals surface area (Å²) >= 11 is 1.96. The first kappa shape index (κ1) is 10.3. The van der Waals surface area contributed by atoms with Crippen molar-refractivity contribution in [2.45, 2.75) is 26.7 Å². The van der Waals surface area contributed by atoms with E-state index in [-0.39, 0.29) is 0 Å². The molecule has 0 saturated carbocycles. The van der Waals surface area contributed by atoms with E-state index < -0.39 is 0 Å². The smallest absolute Gasteiger partial charge is 0.0459 e. The molecule has 0 rings (SSSR count). The molecule has 0 bridgehead atoms. The van der Waals surface area contributed by atoms with Crippen molar-refractivity contribution in [1.29, 1.82) is 0 Å². The zero-order valence-corrected chi connectivity index (χ0v) is 7.78. The maximum Gasteiger partial charge on any atom is 0.0459 e. The summed E-state index contributed by atoms with van der Waals surface area (Å²) in [6.07, 6.45) is 2.28. The molecule has 0 aromatic rings. The highest BCUT2D eigenvalue weighted by molar-refractivity contribution is 7.99. The normalized spacial score (nSPS) is 13.5. The fraction of sp³-hybridized carbons (Fsp3) is 1.00. The van der Waals surface area contributed by atoms with Gasteiger partial charge in [-0.3, -0.25) is 0 Å². The molecule has 1 nitrogen and oxygen atoms in total. The van der Waals surface area contributed by atoms with E-state index in [1.165, 1.54) is 17.9 Å². The van der Waals surface area contributed by atoms with Gasteiger partial charge in [-0.1, -0.05) is 20.3 Å². The number of aliphatic hydroxyl groups is 1. The predicted octanol–water partition coefficient (Wildman–Crippen LogP) is 2.15.